The van der Waals surface area contributed by atoms with E-state index in [-0.39, 0.29) is 42.1 Å². The SMILES string of the molecule is O=C(c1cccc(S(=O)(=O)O)c1)c1cccc(S(=O)(=O)O)c1.[H-].[Na+]. The Morgan fingerprint density at radius 2 is 1.13 bits per heavy atom. The van der Waals surface area contributed by atoms with Gasteiger partial charge < -0.3 is 1.43 Å². The molecule has 2 rings (SSSR count). The first kappa shape index (κ1) is 20.0. The summed E-state index contributed by atoms with van der Waals surface area (Å²) in [5, 5.41) is 0. The summed E-state index contributed by atoms with van der Waals surface area (Å²) in [7, 11) is -8.92. The summed E-state index contributed by atoms with van der Waals surface area (Å²) >= 11 is 0. The molecule has 2 aromatic rings. The van der Waals surface area contributed by atoms with Crippen LogP contribution in [0, 0.1) is 0 Å². The molecule has 0 aromatic heterocycles. The second-order valence-corrected chi connectivity index (χ2v) is 7.18. The molecular formula is C13H11NaO7S2. The summed E-state index contributed by atoms with van der Waals surface area (Å²) < 4.78 is 62.2. The topological polar surface area (TPSA) is 126 Å². The molecule has 0 fully saturated rings. The van der Waals surface area contributed by atoms with Crippen LogP contribution in [0.15, 0.2) is 58.3 Å². The van der Waals surface area contributed by atoms with Gasteiger partial charge in [0.1, 0.15) is 0 Å². The summed E-state index contributed by atoms with van der Waals surface area (Å²) in [5.74, 6) is -0.656. The molecule has 2 N–H and O–H groups in total. The van der Waals surface area contributed by atoms with Gasteiger partial charge in [-0.2, -0.15) is 16.8 Å². The smallest absolute Gasteiger partial charge is 1.00 e. The van der Waals surface area contributed by atoms with Crippen LogP contribution in [0.4, 0.5) is 0 Å². The molecule has 0 heterocycles. The maximum Gasteiger partial charge on any atom is 1.00 e. The van der Waals surface area contributed by atoms with Gasteiger partial charge in [-0.05, 0) is 24.3 Å². The minimum absolute atomic E-state index is 0. The van der Waals surface area contributed by atoms with Gasteiger partial charge in [0.15, 0.2) is 5.78 Å². The summed E-state index contributed by atoms with van der Waals surface area (Å²) in [5.41, 5.74) is -0.106. The van der Waals surface area contributed by atoms with Gasteiger partial charge in [0.25, 0.3) is 20.2 Å². The van der Waals surface area contributed by atoms with Crippen LogP contribution in [-0.4, -0.2) is 31.7 Å². The van der Waals surface area contributed by atoms with Gasteiger partial charge in [0.2, 0.25) is 0 Å². The molecule has 23 heavy (non-hydrogen) atoms. The zero-order valence-electron chi connectivity index (χ0n) is 12.9. The van der Waals surface area contributed by atoms with Crippen molar-refractivity contribution in [3.8, 4) is 0 Å². The molecule has 0 saturated carbocycles. The maximum absolute atomic E-state index is 12.3. The maximum atomic E-state index is 12.3. The molecule has 0 spiro atoms. The van der Waals surface area contributed by atoms with Gasteiger partial charge in [0.05, 0.1) is 9.79 Å². The van der Waals surface area contributed by atoms with Crippen molar-refractivity contribution in [3.05, 3.63) is 59.7 Å². The van der Waals surface area contributed by atoms with Crippen LogP contribution in [0.1, 0.15) is 17.3 Å². The second-order valence-electron chi connectivity index (χ2n) is 4.33. The number of ketones is 1. The number of hydrogen-bond acceptors (Lipinski definition) is 5. The van der Waals surface area contributed by atoms with Gasteiger partial charge in [-0.1, -0.05) is 24.3 Å². The van der Waals surface area contributed by atoms with E-state index >= 15 is 0 Å². The Morgan fingerprint density at radius 1 is 0.783 bits per heavy atom. The minimum atomic E-state index is -4.46. The number of carbonyl (C=O) groups excluding carboxylic acids is 1. The monoisotopic (exact) mass is 366 g/mol. The Labute approximate surface area is 156 Å². The fourth-order valence-electron chi connectivity index (χ4n) is 1.76. The summed E-state index contributed by atoms with van der Waals surface area (Å²) in [6.45, 7) is 0. The van der Waals surface area contributed by atoms with Crippen LogP contribution in [-0.2, 0) is 20.2 Å². The average Bonchev–Trinajstić information content (AvgIpc) is 2.45. The van der Waals surface area contributed by atoms with Crippen LogP contribution >= 0.6 is 0 Å². The van der Waals surface area contributed by atoms with Crippen LogP contribution in [0.2, 0.25) is 0 Å². The molecule has 0 saturated heterocycles. The van der Waals surface area contributed by atoms with Gasteiger partial charge in [0, 0.05) is 11.1 Å². The number of hydrogen-bond donors (Lipinski definition) is 2. The van der Waals surface area contributed by atoms with Crippen molar-refractivity contribution >= 4 is 26.0 Å². The summed E-state index contributed by atoms with van der Waals surface area (Å²) in [6, 6.07) is 9.33. The molecule has 0 aliphatic heterocycles. The molecule has 7 nitrogen and oxygen atoms in total. The van der Waals surface area contributed by atoms with Crippen molar-refractivity contribution in [2.75, 3.05) is 0 Å². The third kappa shape index (κ3) is 4.95. The van der Waals surface area contributed by atoms with E-state index in [0.717, 1.165) is 24.3 Å². The Hall–Kier alpha value is -1.07. The molecular weight excluding hydrogens is 355 g/mol. The molecule has 0 atom stereocenters. The van der Waals surface area contributed by atoms with E-state index in [4.69, 9.17) is 9.11 Å². The van der Waals surface area contributed by atoms with E-state index in [1.54, 1.807) is 0 Å². The third-order valence-electron chi connectivity index (χ3n) is 2.79. The molecule has 2 aromatic carbocycles. The van der Waals surface area contributed by atoms with E-state index in [2.05, 4.69) is 0 Å². The second kappa shape index (κ2) is 7.22. The van der Waals surface area contributed by atoms with Crippen molar-refractivity contribution in [2.24, 2.45) is 0 Å². The van der Waals surface area contributed by atoms with E-state index in [0.29, 0.717) is 0 Å². The van der Waals surface area contributed by atoms with Crippen molar-refractivity contribution in [1.82, 2.24) is 0 Å². The van der Waals surface area contributed by atoms with E-state index in [1.165, 1.54) is 24.3 Å². The fourth-order valence-corrected chi connectivity index (χ4v) is 2.82. The minimum Gasteiger partial charge on any atom is -1.00 e. The zero-order chi connectivity index (χ0) is 16.5. The molecule has 0 aliphatic carbocycles. The average molecular weight is 366 g/mol. The number of carbonyl (C=O) groups is 1. The van der Waals surface area contributed by atoms with E-state index in [1.807, 2.05) is 0 Å². The first-order valence-corrected chi connectivity index (χ1v) is 8.67. The van der Waals surface area contributed by atoms with Crippen molar-refractivity contribution in [3.63, 3.8) is 0 Å². The predicted octanol–water partition coefficient (Wildman–Crippen LogP) is -1.47. The van der Waals surface area contributed by atoms with Gasteiger partial charge in [-0.15, -0.1) is 0 Å². The first-order valence-electron chi connectivity index (χ1n) is 5.79. The Balaban J connectivity index is 0.00000264. The Kier molecular flexibility index (Phi) is 6.27. The summed E-state index contributed by atoms with van der Waals surface area (Å²) in [4.78, 5) is 11.3. The molecule has 0 unspecified atom stereocenters. The van der Waals surface area contributed by atoms with Crippen molar-refractivity contribution in [1.29, 1.82) is 0 Å². The quantitative estimate of drug-likeness (QED) is 0.384. The van der Waals surface area contributed by atoms with Gasteiger partial charge in [-0.3, -0.25) is 13.9 Å². The standard InChI is InChI=1S/C13H10O7S2.Na.H/c14-13(9-3-1-5-11(7-9)21(15,16)17)10-4-2-6-12(8-10)22(18,19)20;;/h1-8H,(H,15,16,17)(H,18,19,20);;/q;+1;-1. The van der Waals surface area contributed by atoms with Crippen LogP contribution < -0.4 is 29.6 Å². The first-order chi connectivity index (χ1) is 10.1. The molecule has 10 heteroatoms. The summed E-state index contributed by atoms with van der Waals surface area (Å²) in [6.07, 6.45) is 0. The van der Waals surface area contributed by atoms with Crippen LogP contribution in [0.25, 0.3) is 0 Å². The van der Waals surface area contributed by atoms with Crippen LogP contribution in [0.3, 0.4) is 0 Å². The zero-order valence-corrected chi connectivity index (χ0v) is 15.5. The fraction of sp³-hybridized carbons (Fsp3) is 0. The molecule has 118 valence electrons. The number of rotatable bonds is 4. The number of benzene rings is 2. The van der Waals surface area contributed by atoms with E-state index in [9.17, 15) is 21.6 Å². The molecule has 0 aliphatic rings. The van der Waals surface area contributed by atoms with Crippen molar-refractivity contribution < 1.29 is 61.7 Å². The van der Waals surface area contributed by atoms with Crippen LogP contribution in [0.5, 0.6) is 0 Å². The Bertz CT molecular complexity index is 878. The van der Waals surface area contributed by atoms with E-state index < -0.39 is 35.8 Å². The molecule has 0 bridgehead atoms. The van der Waals surface area contributed by atoms with Crippen molar-refractivity contribution in [2.45, 2.75) is 9.79 Å². The predicted molar refractivity (Wildman–Crippen MR) is 77.1 cm³/mol. The third-order valence-corrected chi connectivity index (χ3v) is 4.49. The van der Waals surface area contributed by atoms with Gasteiger partial charge >= 0.3 is 29.6 Å². The largest absolute Gasteiger partial charge is 1.00 e. The van der Waals surface area contributed by atoms with Gasteiger partial charge in [-0.25, -0.2) is 0 Å². The molecule has 0 radical (unpaired) electrons. The Morgan fingerprint density at radius 3 is 1.43 bits per heavy atom. The normalized spacial score (nSPS) is 11.6. The molecule has 0 amide bonds.